The van der Waals surface area contributed by atoms with Crippen molar-refractivity contribution < 1.29 is 4.79 Å². The van der Waals surface area contributed by atoms with Gasteiger partial charge in [0, 0.05) is 9.89 Å². The molecule has 2 rings (SSSR count). The second-order valence-electron chi connectivity index (χ2n) is 7.28. The van der Waals surface area contributed by atoms with E-state index in [1.54, 1.807) is 0 Å². The molecule has 2 N–H and O–H groups in total. The van der Waals surface area contributed by atoms with Crippen LogP contribution in [0.15, 0.2) is 22.7 Å². The van der Waals surface area contributed by atoms with E-state index in [9.17, 15) is 4.79 Å². The summed E-state index contributed by atoms with van der Waals surface area (Å²) >= 11 is 3.51. The Hall–Kier alpha value is -0.670. The van der Waals surface area contributed by atoms with Crippen molar-refractivity contribution >= 4 is 22.2 Å². The normalized spacial score (nSPS) is 29.9. The minimum atomic E-state index is -0.882. The quantitative estimate of drug-likeness (QED) is 0.733. The van der Waals surface area contributed by atoms with Gasteiger partial charge in [-0.2, -0.15) is 0 Å². The fraction of sp³-hybridized carbons (Fsp3) is 0.632. The molecule has 1 aliphatic carbocycles. The smallest absolute Gasteiger partial charge is 0.144 e. The molecule has 1 aliphatic rings. The Labute approximate surface area is 143 Å². The maximum atomic E-state index is 12.0. The first-order valence-electron chi connectivity index (χ1n) is 8.35. The fourth-order valence-electron chi connectivity index (χ4n) is 4.09. The van der Waals surface area contributed by atoms with Crippen molar-refractivity contribution in [1.29, 1.82) is 0 Å². The zero-order chi connectivity index (χ0) is 16.5. The SMILES string of the molecule is CCC(C[C@@]1(C)Cc2ccc(Br)cc2[C@@]1(N)C=O)[C@@H](C)CC. The molecule has 1 unspecified atom stereocenters. The number of nitrogens with two attached hydrogens (primary N) is 1. The number of hydrogen-bond donors (Lipinski definition) is 1. The van der Waals surface area contributed by atoms with E-state index in [1.165, 1.54) is 12.0 Å². The molecular weight excluding hydrogens is 338 g/mol. The molecule has 0 radical (unpaired) electrons. The second kappa shape index (κ2) is 6.45. The highest BCUT2D eigenvalue weighted by atomic mass is 79.9. The van der Waals surface area contributed by atoms with Crippen LogP contribution in [0.2, 0.25) is 0 Å². The van der Waals surface area contributed by atoms with Gasteiger partial charge in [-0.05, 0) is 47.9 Å². The molecule has 0 aromatic heterocycles. The Morgan fingerprint density at radius 3 is 2.59 bits per heavy atom. The largest absolute Gasteiger partial charge is 0.315 e. The van der Waals surface area contributed by atoms with Gasteiger partial charge in [0.1, 0.15) is 11.8 Å². The van der Waals surface area contributed by atoms with Gasteiger partial charge < -0.3 is 10.5 Å². The summed E-state index contributed by atoms with van der Waals surface area (Å²) in [6.45, 7) is 9.00. The van der Waals surface area contributed by atoms with Crippen LogP contribution in [0.1, 0.15) is 58.1 Å². The zero-order valence-electron chi connectivity index (χ0n) is 14.2. The van der Waals surface area contributed by atoms with E-state index in [0.717, 1.165) is 35.6 Å². The van der Waals surface area contributed by atoms with Crippen LogP contribution in [0.25, 0.3) is 0 Å². The van der Waals surface area contributed by atoms with Crippen LogP contribution < -0.4 is 5.73 Å². The lowest BCUT2D eigenvalue weighted by molar-refractivity contribution is -0.116. The fourth-order valence-corrected chi connectivity index (χ4v) is 4.45. The Kier molecular flexibility index (Phi) is 5.18. The Morgan fingerprint density at radius 2 is 2.05 bits per heavy atom. The van der Waals surface area contributed by atoms with Crippen LogP contribution in [0.4, 0.5) is 0 Å². The summed E-state index contributed by atoms with van der Waals surface area (Å²) in [4.78, 5) is 12.0. The molecule has 1 aromatic carbocycles. The van der Waals surface area contributed by atoms with E-state index >= 15 is 0 Å². The van der Waals surface area contributed by atoms with Gasteiger partial charge >= 0.3 is 0 Å². The molecule has 0 bridgehead atoms. The third kappa shape index (κ3) is 2.78. The van der Waals surface area contributed by atoms with Gasteiger partial charge in [-0.3, -0.25) is 0 Å². The van der Waals surface area contributed by atoms with Gasteiger partial charge in [-0.1, -0.05) is 62.5 Å². The lowest BCUT2D eigenvalue weighted by Gasteiger charge is -2.41. The maximum absolute atomic E-state index is 12.0. The predicted octanol–water partition coefficient (Wildman–Crippen LogP) is 4.83. The number of hydrogen-bond acceptors (Lipinski definition) is 2. The summed E-state index contributed by atoms with van der Waals surface area (Å²) in [6.07, 6.45) is 5.18. The highest BCUT2D eigenvalue weighted by molar-refractivity contribution is 9.10. The third-order valence-electron chi connectivity index (χ3n) is 5.97. The van der Waals surface area contributed by atoms with Gasteiger partial charge in [-0.25, -0.2) is 0 Å². The molecule has 122 valence electrons. The molecule has 1 aromatic rings. The van der Waals surface area contributed by atoms with Crippen LogP contribution >= 0.6 is 15.9 Å². The highest BCUT2D eigenvalue weighted by Crippen LogP contribution is 2.52. The van der Waals surface area contributed by atoms with E-state index < -0.39 is 5.54 Å². The molecule has 0 heterocycles. The van der Waals surface area contributed by atoms with Crippen LogP contribution in [-0.2, 0) is 16.8 Å². The van der Waals surface area contributed by atoms with Crippen molar-refractivity contribution in [2.24, 2.45) is 23.0 Å². The summed E-state index contributed by atoms with van der Waals surface area (Å²) < 4.78 is 0.987. The highest BCUT2D eigenvalue weighted by Gasteiger charge is 2.53. The van der Waals surface area contributed by atoms with Gasteiger partial charge in [0.15, 0.2) is 0 Å². The number of aldehydes is 1. The number of benzene rings is 1. The van der Waals surface area contributed by atoms with Crippen molar-refractivity contribution in [2.45, 2.75) is 58.9 Å². The zero-order valence-corrected chi connectivity index (χ0v) is 15.7. The lowest BCUT2D eigenvalue weighted by atomic mass is 9.65. The van der Waals surface area contributed by atoms with E-state index in [-0.39, 0.29) is 5.41 Å². The number of halogens is 1. The minimum absolute atomic E-state index is 0.206. The number of rotatable bonds is 6. The van der Waals surface area contributed by atoms with E-state index in [4.69, 9.17) is 5.73 Å². The summed E-state index contributed by atoms with van der Waals surface area (Å²) in [5.41, 5.74) is 7.80. The first-order valence-corrected chi connectivity index (χ1v) is 9.14. The van der Waals surface area contributed by atoms with Gasteiger partial charge in [0.25, 0.3) is 0 Å². The summed E-state index contributed by atoms with van der Waals surface area (Å²) in [6, 6.07) is 6.18. The van der Waals surface area contributed by atoms with E-state index in [0.29, 0.717) is 11.8 Å². The molecule has 0 saturated heterocycles. The van der Waals surface area contributed by atoms with Crippen LogP contribution in [0.3, 0.4) is 0 Å². The topological polar surface area (TPSA) is 43.1 Å². The first kappa shape index (κ1) is 17.7. The lowest BCUT2D eigenvalue weighted by Crippen LogP contribution is -2.51. The maximum Gasteiger partial charge on any atom is 0.144 e. The number of carbonyl (C=O) groups excluding carboxylic acids is 1. The molecule has 22 heavy (non-hydrogen) atoms. The molecular formula is C19H28BrNO. The van der Waals surface area contributed by atoms with Crippen LogP contribution in [-0.4, -0.2) is 6.29 Å². The molecule has 3 heteroatoms. The Morgan fingerprint density at radius 1 is 1.36 bits per heavy atom. The molecule has 0 amide bonds. The van der Waals surface area contributed by atoms with Crippen LogP contribution in [0.5, 0.6) is 0 Å². The molecule has 2 nitrogen and oxygen atoms in total. The third-order valence-corrected chi connectivity index (χ3v) is 6.46. The second-order valence-corrected chi connectivity index (χ2v) is 8.20. The number of fused-ring (bicyclic) bond motifs is 1. The standard InChI is InChI=1S/C19H28BrNO/c1-5-13(3)14(6-2)10-18(4)11-15-7-8-16(20)9-17(15)19(18,21)12-22/h7-9,12-14H,5-6,10-11,21H2,1-4H3/t13-,14?,18-,19-/m0/s1. The average Bonchev–Trinajstić information content (AvgIpc) is 2.73. The average molecular weight is 366 g/mol. The van der Waals surface area contributed by atoms with Crippen LogP contribution in [0, 0.1) is 17.3 Å². The first-order chi connectivity index (χ1) is 10.3. The minimum Gasteiger partial charge on any atom is -0.315 e. The number of carbonyl (C=O) groups is 1. The summed E-state index contributed by atoms with van der Waals surface area (Å²) in [5, 5.41) is 0. The Bertz CT molecular complexity index is 558. The molecule has 0 saturated carbocycles. The molecule has 0 fully saturated rings. The van der Waals surface area contributed by atoms with Crippen molar-refractivity contribution in [2.75, 3.05) is 0 Å². The van der Waals surface area contributed by atoms with E-state index in [1.807, 2.05) is 12.1 Å². The molecule has 4 atom stereocenters. The van der Waals surface area contributed by atoms with Gasteiger partial charge in [-0.15, -0.1) is 0 Å². The van der Waals surface area contributed by atoms with Crippen molar-refractivity contribution in [1.82, 2.24) is 0 Å². The molecule has 0 aliphatic heterocycles. The van der Waals surface area contributed by atoms with E-state index in [2.05, 4.69) is 49.7 Å². The van der Waals surface area contributed by atoms with Crippen molar-refractivity contribution in [3.05, 3.63) is 33.8 Å². The van der Waals surface area contributed by atoms with Gasteiger partial charge in [0.05, 0.1) is 0 Å². The predicted molar refractivity (Wildman–Crippen MR) is 95.7 cm³/mol. The van der Waals surface area contributed by atoms with Crippen molar-refractivity contribution in [3.63, 3.8) is 0 Å². The summed E-state index contributed by atoms with van der Waals surface area (Å²) in [5.74, 6) is 1.27. The Balaban J connectivity index is 2.41. The monoisotopic (exact) mass is 365 g/mol. The summed E-state index contributed by atoms with van der Waals surface area (Å²) in [7, 11) is 0. The van der Waals surface area contributed by atoms with Gasteiger partial charge in [0.2, 0.25) is 0 Å². The molecule has 0 spiro atoms. The van der Waals surface area contributed by atoms with Crippen molar-refractivity contribution in [3.8, 4) is 0 Å².